The molecule has 0 radical (unpaired) electrons. The van der Waals surface area contributed by atoms with Crippen molar-refractivity contribution in [3.63, 3.8) is 0 Å². The van der Waals surface area contributed by atoms with E-state index in [1.54, 1.807) is 13.2 Å². The summed E-state index contributed by atoms with van der Waals surface area (Å²) in [5, 5.41) is 9.20. The third-order valence-corrected chi connectivity index (χ3v) is 6.39. The number of aliphatic hydroxyl groups excluding tert-OH is 1. The first-order valence-corrected chi connectivity index (χ1v) is 8.77. The summed E-state index contributed by atoms with van der Waals surface area (Å²) in [5.41, 5.74) is 0.812. The SMILES string of the molecule is COCCN(CC(C)C)S(=O)(=O)c1cc(C)c(CO)s1. The van der Waals surface area contributed by atoms with E-state index < -0.39 is 10.0 Å². The average molecular weight is 321 g/mol. The van der Waals surface area contributed by atoms with Crippen molar-refractivity contribution in [1.29, 1.82) is 0 Å². The third-order valence-electron chi connectivity index (χ3n) is 2.85. The van der Waals surface area contributed by atoms with Gasteiger partial charge in [-0.3, -0.25) is 0 Å². The first-order valence-electron chi connectivity index (χ1n) is 6.52. The predicted molar refractivity (Wildman–Crippen MR) is 80.5 cm³/mol. The number of hydrogen-bond donors (Lipinski definition) is 1. The lowest BCUT2D eigenvalue weighted by molar-refractivity contribution is 0.175. The topological polar surface area (TPSA) is 66.8 Å². The molecule has 0 bridgehead atoms. The van der Waals surface area contributed by atoms with Gasteiger partial charge in [-0.1, -0.05) is 13.8 Å². The van der Waals surface area contributed by atoms with Crippen LogP contribution in [0.25, 0.3) is 0 Å². The standard InChI is InChI=1S/C13H23NO4S2/c1-10(2)8-14(5-6-18-4)20(16,17)13-7-11(3)12(9-15)19-13/h7,10,15H,5-6,8-9H2,1-4H3. The molecule has 0 aromatic carbocycles. The van der Waals surface area contributed by atoms with E-state index in [1.807, 2.05) is 20.8 Å². The second-order valence-electron chi connectivity index (χ2n) is 5.08. The molecule has 1 rings (SSSR count). The lowest BCUT2D eigenvalue weighted by Crippen LogP contribution is -2.36. The van der Waals surface area contributed by atoms with Gasteiger partial charge < -0.3 is 9.84 Å². The Morgan fingerprint density at radius 2 is 2.10 bits per heavy atom. The summed E-state index contributed by atoms with van der Waals surface area (Å²) in [7, 11) is -1.96. The van der Waals surface area contributed by atoms with Crippen LogP contribution in [0.5, 0.6) is 0 Å². The fraction of sp³-hybridized carbons (Fsp3) is 0.692. The first-order chi connectivity index (χ1) is 9.32. The Kier molecular flexibility index (Phi) is 6.60. The van der Waals surface area contributed by atoms with Gasteiger partial charge in [-0.05, 0) is 24.5 Å². The van der Waals surface area contributed by atoms with Crippen LogP contribution < -0.4 is 0 Å². The lowest BCUT2D eigenvalue weighted by atomic mass is 10.2. The zero-order chi connectivity index (χ0) is 15.3. The molecule has 0 atom stereocenters. The number of nitrogens with zero attached hydrogens (tertiary/aromatic N) is 1. The molecule has 0 aliphatic rings. The highest BCUT2D eigenvalue weighted by Gasteiger charge is 2.27. The molecule has 0 spiro atoms. The van der Waals surface area contributed by atoms with E-state index in [2.05, 4.69) is 0 Å². The van der Waals surface area contributed by atoms with E-state index in [0.717, 1.165) is 16.9 Å². The molecule has 0 saturated carbocycles. The highest BCUT2D eigenvalue weighted by Crippen LogP contribution is 2.28. The van der Waals surface area contributed by atoms with Gasteiger partial charge in [-0.2, -0.15) is 4.31 Å². The number of hydrogen-bond acceptors (Lipinski definition) is 5. The van der Waals surface area contributed by atoms with Crippen molar-refractivity contribution in [3.05, 3.63) is 16.5 Å². The van der Waals surface area contributed by atoms with Gasteiger partial charge in [0.25, 0.3) is 10.0 Å². The molecule has 0 fully saturated rings. The maximum absolute atomic E-state index is 12.7. The Labute approximate surface area is 125 Å². The van der Waals surface area contributed by atoms with Gasteiger partial charge in [-0.15, -0.1) is 11.3 Å². The van der Waals surface area contributed by atoms with Crippen molar-refractivity contribution in [1.82, 2.24) is 4.31 Å². The molecule has 0 aliphatic carbocycles. The summed E-state index contributed by atoms with van der Waals surface area (Å²) in [6, 6.07) is 1.63. The predicted octanol–water partition coefficient (Wildman–Crippen LogP) is 1.84. The van der Waals surface area contributed by atoms with Gasteiger partial charge in [-0.25, -0.2) is 8.42 Å². The quantitative estimate of drug-likeness (QED) is 0.793. The van der Waals surface area contributed by atoms with Gasteiger partial charge in [0.2, 0.25) is 0 Å². The number of aliphatic hydroxyl groups is 1. The van der Waals surface area contributed by atoms with E-state index >= 15 is 0 Å². The minimum Gasteiger partial charge on any atom is -0.391 e. The molecular weight excluding hydrogens is 298 g/mol. The highest BCUT2D eigenvalue weighted by atomic mass is 32.2. The first kappa shape index (κ1) is 17.6. The van der Waals surface area contributed by atoms with Crippen LogP contribution in [0.4, 0.5) is 0 Å². The molecule has 5 nitrogen and oxygen atoms in total. The summed E-state index contributed by atoms with van der Waals surface area (Å²) < 4.78 is 32.0. The summed E-state index contributed by atoms with van der Waals surface area (Å²) >= 11 is 1.13. The van der Waals surface area contributed by atoms with Gasteiger partial charge in [0.05, 0.1) is 13.2 Å². The Balaban J connectivity index is 3.07. The Hall–Kier alpha value is -0.470. The van der Waals surface area contributed by atoms with Crippen molar-refractivity contribution in [2.24, 2.45) is 5.92 Å². The second-order valence-corrected chi connectivity index (χ2v) is 8.38. The van der Waals surface area contributed by atoms with Crippen LogP contribution in [0.2, 0.25) is 0 Å². The second kappa shape index (κ2) is 7.51. The maximum atomic E-state index is 12.7. The monoisotopic (exact) mass is 321 g/mol. The van der Waals surface area contributed by atoms with Crippen LogP contribution in [0.1, 0.15) is 24.3 Å². The molecule has 1 aromatic rings. The van der Waals surface area contributed by atoms with E-state index in [9.17, 15) is 13.5 Å². The van der Waals surface area contributed by atoms with Crippen molar-refractivity contribution < 1.29 is 18.3 Å². The molecule has 0 saturated heterocycles. The number of methoxy groups -OCH3 is 1. The molecular formula is C13H23NO4S2. The average Bonchev–Trinajstić information content (AvgIpc) is 2.75. The van der Waals surface area contributed by atoms with Crippen molar-refractivity contribution in [2.45, 2.75) is 31.6 Å². The van der Waals surface area contributed by atoms with Gasteiger partial charge >= 0.3 is 0 Å². The number of rotatable bonds is 8. The molecule has 116 valence electrons. The summed E-state index contributed by atoms with van der Waals surface area (Å²) in [6.45, 7) is 6.79. The van der Waals surface area contributed by atoms with Crippen LogP contribution in [-0.4, -0.2) is 44.6 Å². The minimum atomic E-state index is -3.52. The fourth-order valence-electron chi connectivity index (χ4n) is 1.81. The van der Waals surface area contributed by atoms with Crippen molar-refractivity contribution >= 4 is 21.4 Å². The Morgan fingerprint density at radius 1 is 1.45 bits per heavy atom. The summed E-state index contributed by atoms with van der Waals surface area (Å²) in [4.78, 5) is 0.694. The highest BCUT2D eigenvalue weighted by molar-refractivity contribution is 7.91. The van der Waals surface area contributed by atoms with Crippen LogP contribution in [0.15, 0.2) is 10.3 Å². The molecule has 1 N–H and O–H groups in total. The summed E-state index contributed by atoms with van der Waals surface area (Å²) in [5.74, 6) is 0.236. The van der Waals surface area contributed by atoms with E-state index in [1.165, 1.54) is 4.31 Å². The van der Waals surface area contributed by atoms with Crippen molar-refractivity contribution in [2.75, 3.05) is 26.8 Å². The molecule has 7 heteroatoms. The molecule has 0 unspecified atom stereocenters. The van der Waals surface area contributed by atoms with E-state index in [-0.39, 0.29) is 16.7 Å². The largest absolute Gasteiger partial charge is 0.391 e. The maximum Gasteiger partial charge on any atom is 0.252 e. The fourth-order valence-corrected chi connectivity index (χ4v) is 5.00. The van der Waals surface area contributed by atoms with Crippen LogP contribution >= 0.6 is 11.3 Å². The summed E-state index contributed by atoms with van der Waals surface area (Å²) in [6.07, 6.45) is 0. The third kappa shape index (κ3) is 4.26. The van der Waals surface area contributed by atoms with Crippen LogP contribution in [0, 0.1) is 12.8 Å². The van der Waals surface area contributed by atoms with E-state index in [0.29, 0.717) is 24.6 Å². The molecule has 20 heavy (non-hydrogen) atoms. The van der Waals surface area contributed by atoms with Gasteiger partial charge in [0.15, 0.2) is 0 Å². The van der Waals surface area contributed by atoms with Crippen LogP contribution in [0.3, 0.4) is 0 Å². The smallest absolute Gasteiger partial charge is 0.252 e. The lowest BCUT2D eigenvalue weighted by Gasteiger charge is -2.22. The van der Waals surface area contributed by atoms with Crippen LogP contribution in [-0.2, 0) is 21.4 Å². The normalized spacial score (nSPS) is 12.6. The van der Waals surface area contributed by atoms with Crippen molar-refractivity contribution in [3.8, 4) is 0 Å². The van der Waals surface area contributed by atoms with Gasteiger partial charge in [0, 0.05) is 25.1 Å². The number of sulfonamides is 1. The van der Waals surface area contributed by atoms with E-state index in [4.69, 9.17) is 4.74 Å². The minimum absolute atomic E-state index is 0.131. The molecule has 0 amide bonds. The number of ether oxygens (including phenoxy) is 1. The van der Waals surface area contributed by atoms with Gasteiger partial charge in [0.1, 0.15) is 4.21 Å². The molecule has 1 heterocycles. The number of thiophene rings is 1. The molecule has 0 aliphatic heterocycles. The number of aryl methyl sites for hydroxylation is 1. The zero-order valence-corrected chi connectivity index (χ0v) is 14.1. The zero-order valence-electron chi connectivity index (χ0n) is 12.4. The Bertz CT molecular complexity index is 522. The Morgan fingerprint density at radius 3 is 2.55 bits per heavy atom. The molecule has 1 aromatic heterocycles.